The molecule has 3 aromatic heterocycles. The van der Waals surface area contributed by atoms with Crippen molar-refractivity contribution in [3.05, 3.63) is 76.3 Å². The van der Waals surface area contributed by atoms with E-state index in [4.69, 9.17) is 16.3 Å². The topological polar surface area (TPSA) is 131 Å². The van der Waals surface area contributed by atoms with Crippen LogP contribution in [0.3, 0.4) is 0 Å². The highest BCUT2D eigenvalue weighted by molar-refractivity contribution is 7.16. The van der Waals surface area contributed by atoms with Crippen molar-refractivity contribution < 1.29 is 37.6 Å². The molecular weight excluding hydrogens is 604 g/mol. The first kappa shape index (κ1) is 28.6. The Morgan fingerprint density at radius 2 is 1.90 bits per heavy atom. The van der Waals surface area contributed by atoms with Crippen LogP contribution in [-0.2, 0) is 10.9 Å². The molecule has 42 heavy (non-hydrogen) atoms. The summed E-state index contributed by atoms with van der Waals surface area (Å²) < 4.78 is 64.7. The van der Waals surface area contributed by atoms with E-state index >= 15 is 0 Å². The van der Waals surface area contributed by atoms with Crippen LogP contribution in [0.5, 0.6) is 0 Å². The van der Waals surface area contributed by atoms with Crippen LogP contribution in [0.2, 0.25) is 5.02 Å². The van der Waals surface area contributed by atoms with Crippen LogP contribution in [0.4, 0.5) is 17.6 Å². The molecule has 5 atom stereocenters. The first-order valence-electron chi connectivity index (χ1n) is 12.5. The molecule has 0 radical (unpaired) electrons. The average Bonchev–Trinajstić information content (AvgIpc) is 3.68. The highest BCUT2D eigenvalue weighted by Crippen LogP contribution is 2.41. The second-order valence-electron chi connectivity index (χ2n) is 9.71. The molecule has 0 bridgehead atoms. The predicted molar refractivity (Wildman–Crippen MR) is 143 cm³/mol. The van der Waals surface area contributed by atoms with Crippen LogP contribution in [0.25, 0.3) is 27.0 Å². The van der Waals surface area contributed by atoms with Crippen molar-refractivity contribution in [2.24, 2.45) is 0 Å². The van der Waals surface area contributed by atoms with Gasteiger partial charge in [0.05, 0.1) is 39.8 Å². The molecule has 4 heterocycles. The zero-order valence-corrected chi connectivity index (χ0v) is 23.0. The highest BCUT2D eigenvalue weighted by Gasteiger charge is 2.48. The van der Waals surface area contributed by atoms with Crippen molar-refractivity contribution in [1.82, 2.24) is 29.5 Å². The molecule has 1 fully saturated rings. The number of alkyl halides is 3. The minimum atomic E-state index is -4.78. The summed E-state index contributed by atoms with van der Waals surface area (Å²) in [5, 5.41) is 40.9. The first-order valence-corrected chi connectivity index (χ1v) is 13.7. The van der Waals surface area contributed by atoms with Gasteiger partial charge in [0, 0.05) is 16.8 Å². The molecule has 5 aromatic rings. The van der Waals surface area contributed by atoms with E-state index in [1.807, 2.05) is 0 Å². The van der Waals surface area contributed by atoms with E-state index in [0.29, 0.717) is 21.3 Å². The predicted octanol–water partition coefficient (Wildman–Crippen LogP) is 4.26. The number of aryl methyl sites for hydroxylation is 1. The van der Waals surface area contributed by atoms with Crippen molar-refractivity contribution in [3.63, 3.8) is 0 Å². The number of fused-ring (bicyclic) bond motifs is 1. The van der Waals surface area contributed by atoms with Gasteiger partial charge < -0.3 is 20.1 Å². The monoisotopic (exact) mass is 624 g/mol. The fourth-order valence-electron chi connectivity index (χ4n) is 5.08. The number of aromatic nitrogens is 6. The molecule has 1 aliphatic heterocycles. The molecule has 0 spiro atoms. The van der Waals surface area contributed by atoms with E-state index in [1.165, 1.54) is 35.6 Å². The van der Waals surface area contributed by atoms with E-state index < -0.39 is 60.3 Å². The van der Waals surface area contributed by atoms with Crippen molar-refractivity contribution in [2.75, 3.05) is 6.61 Å². The summed E-state index contributed by atoms with van der Waals surface area (Å²) in [5.41, 5.74) is 1.35. The van der Waals surface area contributed by atoms with Crippen molar-refractivity contribution in [1.29, 1.82) is 0 Å². The zero-order valence-electron chi connectivity index (χ0n) is 21.4. The molecule has 2 aromatic carbocycles. The Hall–Kier alpha value is -3.47. The zero-order chi connectivity index (χ0) is 29.9. The highest BCUT2D eigenvalue weighted by atomic mass is 35.5. The van der Waals surface area contributed by atoms with Gasteiger partial charge in [0.15, 0.2) is 5.82 Å². The molecule has 10 nitrogen and oxygen atoms in total. The third-order valence-electron chi connectivity index (χ3n) is 7.00. The van der Waals surface area contributed by atoms with Gasteiger partial charge in [-0.25, -0.2) is 19.0 Å². The Balaban J connectivity index is 1.41. The summed E-state index contributed by atoms with van der Waals surface area (Å²) in [5.74, 6) is -0.622. The molecule has 1 aliphatic rings. The SMILES string of the molecule is Cc1nc([C@@H]2O[C@H](CO)[C@H](O)[C@H](n3cc(-c4cc(F)c5scnc5c4)cn3)[C@H]2O)n(-c2cc(Cl)ccc2C(F)(F)F)n1. The smallest absolute Gasteiger partial charge is 0.394 e. The van der Waals surface area contributed by atoms with Crippen LogP contribution in [-0.4, -0.2) is 69.8 Å². The number of halogens is 5. The van der Waals surface area contributed by atoms with Crippen LogP contribution in [0.15, 0.2) is 48.2 Å². The molecular formula is C26H21ClF4N6O4S. The quantitative estimate of drug-likeness (QED) is 0.247. The van der Waals surface area contributed by atoms with Gasteiger partial charge in [0.1, 0.15) is 42.1 Å². The third kappa shape index (κ3) is 4.95. The van der Waals surface area contributed by atoms with Crippen LogP contribution < -0.4 is 0 Å². The van der Waals surface area contributed by atoms with Crippen molar-refractivity contribution in [2.45, 2.75) is 43.6 Å². The summed E-state index contributed by atoms with van der Waals surface area (Å²) in [6.45, 7) is 0.750. The maximum Gasteiger partial charge on any atom is 0.418 e. The van der Waals surface area contributed by atoms with E-state index in [-0.39, 0.29) is 16.7 Å². The lowest BCUT2D eigenvalue weighted by atomic mass is 9.92. The van der Waals surface area contributed by atoms with Gasteiger partial charge in [-0.1, -0.05) is 11.6 Å². The summed E-state index contributed by atoms with van der Waals surface area (Å²) in [7, 11) is 0. The molecule has 3 N–H and O–H groups in total. The normalized spacial score (nSPS) is 23.1. The maximum absolute atomic E-state index is 14.6. The van der Waals surface area contributed by atoms with Gasteiger partial charge in [-0.05, 0) is 42.8 Å². The molecule has 6 rings (SSSR count). The number of benzene rings is 2. The minimum absolute atomic E-state index is 0.0000872. The van der Waals surface area contributed by atoms with Crippen molar-refractivity contribution in [3.8, 4) is 16.8 Å². The summed E-state index contributed by atoms with van der Waals surface area (Å²) in [4.78, 5) is 8.38. The molecule has 0 unspecified atom stereocenters. The fourth-order valence-corrected chi connectivity index (χ4v) is 5.93. The number of aliphatic hydroxyl groups is 3. The van der Waals surface area contributed by atoms with Gasteiger partial charge in [-0.3, -0.25) is 4.68 Å². The van der Waals surface area contributed by atoms with E-state index in [9.17, 15) is 32.9 Å². The second kappa shape index (κ2) is 10.7. The number of rotatable bonds is 5. The molecule has 0 amide bonds. The number of nitrogens with zero attached hydrogens (tertiary/aromatic N) is 6. The third-order valence-corrected chi connectivity index (χ3v) is 8.09. The minimum Gasteiger partial charge on any atom is -0.394 e. The Morgan fingerprint density at radius 3 is 2.64 bits per heavy atom. The first-order chi connectivity index (χ1) is 20.0. The molecule has 220 valence electrons. The molecule has 1 saturated heterocycles. The Morgan fingerprint density at radius 1 is 1.12 bits per heavy atom. The molecule has 0 saturated carbocycles. The molecule has 0 aliphatic carbocycles. The Bertz CT molecular complexity index is 1780. The number of hydrogen-bond donors (Lipinski definition) is 3. The lowest BCUT2D eigenvalue weighted by Crippen LogP contribution is -2.53. The van der Waals surface area contributed by atoms with Crippen LogP contribution >= 0.6 is 22.9 Å². The van der Waals surface area contributed by atoms with Crippen molar-refractivity contribution >= 4 is 33.2 Å². The van der Waals surface area contributed by atoms with Crippen LogP contribution in [0, 0.1) is 12.7 Å². The van der Waals surface area contributed by atoms with Gasteiger partial charge in [0.25, 0.3) is 0 Å². The van der Waals surface area contributed by atoms with Crippen LogP contribution in [0.1, 0.15) is 29.4 Å². The maximum atomic E-state index is 14.6. The number of ether oxygens (including phenoxy) is 1. The van der Waals surface area contributed by atoms with Gasteiger partial charge >= 0.3 is 6.18 Å². The average molecular weight is 625 g/mol. The second-order valence-corrected chi connectivity index (χ2v) is 11.0. The van der Waals surface area contributed by atoms with E-state index in [1.54, 1.807) is 6.07 Å². The standard InChI is InChI=1S/C26H21ClF4N6O4S/c1-11-34-25(37(35-11)18-6-14(27)2-3-15(18)26(29,30)31)23-22(40)20(21(39)19(9-38)41-23)36-8-13(7-33-36)12-4-16(28)24-17(5-12)32-10-42-24/h2-8,10,19-23,38-40H,9H2,1H3/t19-,20+,21+,22-,23-/m1/s1. The van der Waals surface area contributed by atoms with E-state index in [2.05, 4.69) is 20.2 Å². The van der Waals surface area contributed by atoms with Gasteiger partial charge in [-0.15, -0.1) is 11.3 Å². The number of thiazole rings is 1. The number of hydrogen-bond acceptors (Lipinski definition) is 9. The fraction of sp³-hybridized carbons (Fsp3) is 0.308. The Labute approximate surface area is 243 Å². The van der Waals surface area contributed by atoms with Gasteiger partial charge in [-0.2, -0.15) is 23.4 Å². The lowest BCUT2D eigenvalue weighted by Gasteiger charge is -2.42. The molecule has 16 heteroatoms. The lowest BCUT2D eigenvalue weighted by molar-refractivity contribution is -0.210. The van der Waals surface area contributed by atoms with Gasteiger partial charge in [0.2, 0.25) is 0 Å². The summed E-state index contributed by atoms with van der Waals surface area (Å²) in [6.07, 6.45) is -7.79. The Kier molecular flexibility index (Phi) is 7.27. The number of aliphatic hydroxyl groups excluding tert-OH is 3. The largest absolute Gasteiger partial charge is 0.418 e. The summed E-state index contributed by atoms with van der Waals surface area (Å²) >= 11 is 7.19. The van der Waals surface area contributed by atoms with E-state index in [0.717, 1.165) is 34.2 Å². The summed E-state index contributed by atoms with van der Waals surface area (Å²) in [6, 6.07) is 4.68.